The Morgan fingerprint density at radius 3 is 2.81 bits per heavy atom. The second-order valence-corrected chi connectivity index (χ2v) is 5.01. The second kappa shape index (κ2) is 7.25. The van der Waals surface area contributed by atoms with Crippen molar-refractivity contribution < 1.29 is 4.74 Å². The third-order valence-corrected chi connectivity index (χ3v) is 3.88. The number of ether oxygens (including phenoxy) is 1. The average Bonchev–Trinajstić information content (AvgIpc) is 2.28. The number of piperidine rings is 1. The molecule has 1 saturated heterocycles. The molecular formula is C13H28N2O. The van der Waals surface area contributed by atoms with Crippen LogP contribution < -0.4 is 5.32 Å². The summed E-state index contributed by atoms with van der Waals surface area (Å²) in [5.74, 6) is 0.815. The maximum absolute atomic E-state index is 5.36. The first kappa shape index (κ1) is 13.9. The van der Waals surface area contributed by atoms with E-state index in [0.29, 0.717) is 12.1 Å². The average molecular weight is 228 g/mol. The van der Waals surface area contributed by atoms with Gasteiger partial charge in [0.1, 0.15) is 0 Å². The molecule has 0 amide bonds. The van der Waals surface area contributed by atoms with Gasteiger partial charge in [-0.05, 0) is 38.8 Å². The summed E-state index contributed by atoms with van der Waals surface area (Å²) in [4.78, 5) is 2.63. The van der Waals surface area contributed by atoms with Gasteiger partial charge >= 0.3 is 0 Å². The van der Waals surface area contributed by atoms with Crippen LogP contribution in [0.2, 0.25) is 0 Å². The molecule has 0 radical (unpaired) electrons. The zero-order valence-electron chi connectivity index (χ0n) is 11.3. The summed E-state index contributed by atoms with van der Waals surface area (Å²) >= 11 is 0. The fourth-order valence-electron chi connectivity index (χ4n) is 2.66. The van der Waals surface area contributed by atoms with E-state index < -0.39 is 0 Å². The van der Waals surface area contributed by atoms with Crippen LogP contribution in [0.5, 0.6) is 0 Å². The summed E-state index contributed by atoms with van der Waals surface area (Å²) in [7, 11) is 1.80. The number of methoxy groups -OCH3 is 1. The number of hydrogen-bond acceptors (Lipinski definition) is 3. The first-order valence-corrected chi connectivity index (χ1v) is 6.66. The number of hydrogen-bond donors (Lipinski definition) is 1. The molecule has 0 saturated carbocycles. The molecule has 3 atom stereocenters. The molecule has 0 aromatic heterocycles. The minimum Gasteiger partial charge on any atom is -0.383 e. The first-order valence-electron chi connectivity index (χ1n) is 6.66. The first-order chi connectivity index (χ1) is 7.70. The molecule has 3 unspecified atom stereocenters. The van der Waals surface area contributed by atoms with Gasteiger partial charge in [0.2, 0.25) is 0 Å². The van der Waals surface area contributed by atoms with Crippen molar-refractivity contribution in [3.63, 3.8) is 0 Å². The predicted octanol–water partition coefficient (Wildman–Crippen LogP) is 1.73. The summed E-state index contributed by atoms with van der Waals surface area (Å²) in [5.41, 5.74) is 0. The molecule has 1 fully saturated rings. The van der Waals surface area contributed by atoms with Crippen LogP contribution in [0, 0.1) is 5.92 Å². The molecule has 96 valence electrons. The molecule has 0 spiro atoms. The van der Waals surface area contributed by atoms with Crippen molar-refractivity contribution >= 4 is 0 Å². The maximum atomic E-state index is 5.36. The predicted molar refractivity (Wildman–Crippen MR) is 68.8 cm³/mol. The maximum Gasteiger partial charge on any atom is 0.0630 e. The van der Waals surface area contributed by atoms with Crippen LogP contribution in [0.4, 0.5) is 0 Å². The minimum atomic E-state index is 0.530. The molecule has 16 heavy (non-hydrogen) atoms. The molecule has 0 aliphatic carbocycles. The minimum absolute atomic E-state index is 0.530. The summed E-state index contributed by atoms with van der Waals surface area (Å²) in [5, 5.41) is 3.44. The van der Waals surface area contributed by atoms with E-state index in [0.717, 1.165) is 25.6 Å². The number of rotatable bonds is 6. The Hall–Kier alpha value is -0.120. The van der Waals surface area contributed by atoms with Crippen LogP contribution in [0.1, 0.15) is 33.6 Å². The zero-order valence-corrected chi connectivity index (χ0v) is 11.3. The molecule has 0 bridgehead atoms. The molecule has 1 N–H and O–H groups in total. The van der Waals surface area contributed by atoms with Crippen molar-refractivity contribution in [3.8, 4) is 0 Å². The number of likely N-dealkylation sites (tertiary alicyclic amines) is 1. The summed E-state index contributed by atoms with van der Waals surface area (Å²) < 4.78 is 5.36. The largest absolute Gasteiger partial charge is 0.383 e. The lowest BCUT2D eigenvalue weighted by Crippen LogP contribution is -2.53. The van der Waals surface area contributed by atoms with Gasteiger partial charge in [-0.15, -0.1) is 0 Å². The van der Waals surface area contributed by atoms with Gasteiger partial charge in [0.25, 0.3) is 0 Å². The van der Waals surface area contributed by atoms with Crippen molar-refractivity contribution in [2.24, 2.45) is 5.92 Å². The lowest BCUT2D eigenvalue weighted by atomic mass is 9.91. The summed E-state index contributed by atoms with van der Waals surface area (Å²) in [6, 6.07) is 1.22. The van der Waals surface area contributed by atoms with E-state index >= 15 is 0 Å². The van der Waals surface area contributed by atoms with E-state index in [1.807, 2.05) is 0 Å². The Balaban J connectivity index is 2.53. The highest BCUT2D eigenvalue weighted by atomic mass is 16.5. The van der Waals surface area contributed by atoms with Gasteiger partial charge in [-0.25, -0.2) is 0 Å². The summed E-state index contributed by atoms with van der Waals surface area (Å²) in [6.45, 7) is 11.0. The van der Waals surface area contributed by atoms with Crippen LogP contribution in [0.15, 0.2) is 0 Å². The monoisotopic (exact) mass is 228 g/mol. The molecule has 3 heteroatoms. The normalized spacial score (nSPS) is 29.2. The van der Waals surface area contributed by atoms with Crippen LogP contribution in [0.3, 0.4) is 0 Å². The molecule has 1 aliphatic rings. The van der Waals surface area contributed by atoms with Crippen molar-refractivity contribution in [1.82, 2.24) is 10.2 Å². The van der Waals surface area contributed by atoms with Crippen molar-refractivity contribution in [2.75, 3.05) is 33.4 Å². The van der Waals surface area contributed by atoms with Crippen LogP contribution in [0.25, 0.3) is 0 Å². The van der Waals surface area contributed by atoms with Gasteiger partial charge < -0.3 is 10.1 Å². The molecule has 1 aliphatic heterocycles. The quantitative estimate of drug-likeness (QED) is 0.749. The van der Waals surface area contributed by atoms with E-state index in [9.17, 15) is 0 Å². The van der Waals surface area contributed by atoms with Gasteiger partial charge in [-0.2, -0.15) is 0 Å². The number of nitrogens with one attached hydrogen (secondary N) is 1. The van der Waals surface area contributed by atoms with Crippen LogP contribution >= 0.6 is 0 Å². The van der Waals surface area contributed by atoms with E-state index in [1.54, 1.807) is 7.11 Å². The molecular weight excluding hydrogens is 200 g/mol. The van der Waals surface area contributed by atoms with Crippen LogP contribution in [-0.2, 0) is 4.74 Å². The number of likely N-dealkylation sites (N-methyl/N-ethyl adjacent to an activating group) is 1. The second-order valence-electron chi connectivity index (χ2n) is 5.01. The zero-order chi connectivity index (χ0) is 12.0. The van der Waals surface area contributed by atoms with Crippen molar-refractivity contribution in [1.29, 1.82) is 0 Å². The van der Waals surface area contributed by atoms with Gasteiger partial charge in [0, 0.05) is 25.7 Å². The van der Waals surface area contributed by atoms with E-state index in [1.165, 1.54) is 19.4 Å². The highest BCUT2D eigenvalue weighted by Crippen LogP contribution is 2.24. The van der Waals surface area contributed by atoms with Gasteiger partial charge in [-0.1, -0.05) is 13.8 Å². The Labute approximate surface area is 101 Å². The number of nitrogens with zero attached hydrogens (tertiary/aromatic N) is 1. The van der Waals surface area contributed by atoms with Crippen LogP contribution in [-0.4, -0.2) is 50.3 Å². The highest BCUT2D eigenvalue weighted by molar-refractivity contribution is 4.85. The highest BCUT2D eigenvalue weighted by Gasteiger charge is 2.29. The Morgan fingerprint density at radius 1 is 1.44 bits per heavy atom. The smallest absolute Gasteiger partial charge is 0.0630 e. The van der Waals surface area contributed by atoms with Crippen molar-refractivity contribution in [3.05, 3.63) is 0 Å². The Bertz CT molecular complexity index is 187. The fourth-order valence-corrected chi connectivity index (χ4v) is 2.66. The lowest BCUT2D eigenvalue weighted by molar-refractivity contribution is 0.0254. The van der Waals surface area contributed by atoms with E-state index in [2.05, 4.69) is 31.0 Å². The molecule has 0 aromatic carbocycles. The van der Waals surface area contributed by atoms with Gasteiger partial charge in [0.05, 0.1) is 6.61 Å². The Kier molecular flexibility index (Phi) is 6.32. The van der Waals surface area contributed by atoms with Gasteiger partial charge in [-0.3, -0.25) is 4.90 Å². The van der Waals surface area contributed by atoms with Crippen molar-refractivity contribution in [2.45, 2.75) is 45.7 Å². The lowest BCUT2D eigenvalue weighted by Gasteiger charge is -2.42. The third-order valence-electron chi connectivity index (χ3n) is 3.88. The molecule has 3 nitrogen and oxygen atoms in total. The third kappa shape index (κ3) is 3.72. The SMILES string of the molecule is CCNCC(COC)N1CCCC(C)C1C. The molecule has 0 aromatic rings. The van der Waals surface area contributed by atoms with E-state index in [-0.39, 0.29) is 0 Å². The molecule has 1 heterocycles. The molecule has 1 rings (SSSR count). The van der Waals surface area contributed by atoms with E-state index in [4.69, 9.17) is 4.74 Å². The summed E-state index contributed by atoms with van der Waals surface area (Å²) in [6.07, 6.45) is 2.70. The topological polar surface area (TPSA) is 24.5 Å². The van der Waals surface area contributed by atoms with Gasteiger partial charge in [0.15, 0.2) is 0 Å². The Morgan fingerprint density at radius 2 is 2.19 bits per heavy atom. The standard InChI is InChI=1S/C13H28N2O/c1-5-14-9-13(10-16-4)15-8-6-7-11(2)12(15)3/h11-14H,5-10H2,1-4H3. The fraction of sp³-hybridized carbons (Fsp3) is 1.00.